The van der Waals surface area contributed by atoms with Gasteiger partial charge < -0.3 is 10.1 Å². The summed E-state index contributed by atoms with van der Waals surface area (Å²) in [4.78, 5) is 2.54. The summed E-state index contributed by atoms with van der Waals surface area (Å²) in [5.41, 5.74) is 1.47. The number of nitrogens with one attached hydrogen (secondary N) is 1. The summed E-state index contributed by atoms with van der Waals surface area (Å²) in [5, 5.41) is 3.51. The van der Waals surface area contributed by atoms with Crippen molar-refractivity contribution in [2.24, 2.45) is 0 Å². The Hall–Kier alpha value is -0.420. The summed E-state index contributed by atoms with van der Waals surface area (Å²) in [5.74, 6) is 0. The lowest BCUT2D eigenvalue weighted by Crippen LogP contribution is -2.60. The standard InChI is InChI=1S/C16H25BrN2O/c1-16(2,19-7-9-20-10-8-19)15(18-3)12-13-5-4-6-14(17)11-13/h4-6,11,15,18H,7-10,12H2,1-3H3. The summed E-state index contributed by atoms with van der Waals surface area (Å²) in [6.45, 7) is 8.38. The maximum absolute atomic E-state index is 5.47. The maximum atomic E-state index is 5.47. The summed E-state index contributed by atoms with van der Waals surface area (Å²) < 4.78 is 6.62. The molecule has 0 amide bonds. The molecular formula is C16H25BrN2O. The molecule has 1 aromatic carbocycles. The largest absolute Gasteiger partial charge is 0.379 e. The van der Waals surface area contributed by atoms with Gasteiger partial charge in [0.2, 0.25) is 0 Å². The van der Waals surface area contributed by atoms with Crippen LogP contribution in [0.25, 0.3) is 0 Å². The second-order valence-electron chi connectivity index (χ2n) is 5.93. The molecule has 112 valence electrons. The van der Waals surface area contributed by atoms with Crippen molar-refractivity contribution in [3.63, 3.8) is 0 Å². The van der Waals surface area contributed by atoms with Crippen LogP contribution in [-0.4, -0.2) is 49.8 Å². The lowest BCUT2D eigenvalue weighted by molar-refractivity contribution is -0.0223. The predicted molar refractivity (Wildman–Crippen MR) is 87.2 cm³/mol. The molecule has 0 aromatic heterocycles. The van der Waals surface area contributed by atoms with Crippen LogP contribution in [-0.2, 0) is 11.2 Å². The van der Waals surface area contributed by atoms with E-state index in [1.54, 1.807) is 0 Å². The lowest BCUT2D eigenvalue weighted by Gasteiger charge is -2.46. The second kappa shape index (κ2) is 7.03. The Bertz CT molecular complexity index is 430. The van der Waals surface area contributed by atoms with Gasteiger partial charge in [-0.1, -0.05) is 28.1 Å². The molecule has 1 aliphatic rings. The van der Waals surface area contributed by atoms with E-state index in [9.17, 15) is 0 Å². The molecule has 1 unspecified atom stereocenters. The Morgan fingerprint density at radius 2 is 2.05 bits per heavy atom. The number of halogens is 1. The van der Waals surface area contributed by atoms with E-state index in [4.69, 9.17) is 4.74 Å². The number of likely N-dealkylation sites (N-methyl/N-ethyl adjacent to an activating group) is 1. The van der Waals surface area contributed by atoms with Crippen LogP contribution < -0.4 is 5.32 Å². The highest BCUT2D eigenvalue weighted by molar-refractivity contribution is 9.10. The highest BCUT2D eigenvalue weighted by Gasteiger charge is 2.35. The van der Waals surface area contributed by atoms with Gasteiger partial charge in [0.1, 0.15) is 0 Å². The van der Waals surface area contributed by atoms with Crippen molar-refractivity contribution in [3.05, 3.63) is 34.3 Å². The first kappa shape index (κ1) is 16.0. The lowest BCUT2D eigenvalue weighted by atomic mass is 9.87. The number of morpholine rings is 1. The Morgan fingerprint density at radius 3 is 2.65 bits per heavy atom. The van der Waals surface area contributed by atoms with Crippen LogP contribution in [0.4, 0.5) is 0 Å². The SMILES string of the molecule is CNC(Cc1cccc(Br)c1)C(C)(C)N1CCOCC1. The molecule has 1 atom stereocenters. The maximum Gasteiger partial charge on any atom is 0.0594 e. The molecule has 1 heterocycles. The Morgan fingerprint density at radius 1 is 1.35 bits per heavy atom. The highest BCUT2D eigenvalue weighted by atomic mass is 79.9. The first-order chi connectivity index (χ1) is 9.54. The van der Waals surface area contributed by atoms with Crippen molar-refractivity contribution in [2.45, 2.75) is 31.8 Å². The van der Waals surface area contributed by atoms with E-state index in [0.29, 0.717) is 6.04 Å². The average molecular weight is 341 g/mol. The van der Waals surface area contributed by atoms with Gasteiger partial charge in [-0.15, -0.1) is 0 Å². The monoisotopic (exact) mass is 340 g/mol. The molecule has 0 spiro atoms. The minimum absolute atomic E-state index is 0.112. The van der Waals surface area contributed by atoms with Crippen molar-refractivity contribution in [2.75, 3.05) is 33.4 Å². The van der Waals surface area contributed by atoms with Gasteiger partial charge in [0.25, 0.3) is 0 Å². The van der Waals surface area contributed by atoms with E-state index in [0.717, 1.165) is 37.2 Å². The van der Waals surface area contributed by atoms with Crippen molar-refractivity contribution in [1.29, 1.82) is 0 Å². The average Bonchev–Trinajstić information content (AvgIpc) is 2.45. The first-order valence-corrected chi connectivity index (χ1v) is 8.08. The van der Waals surface area contributed by atoms with Crippen LogP contribution in [0.3, 0.4) is 0 Å². The molecule has 20 heavy (non-hydrogen) atoms. The smallest absolute Gasteiger partial charge is 0.0594 e. The molecule has 1 saturated heterocycles. The highest BCUT2D eigenvalue weighted by Crippen LogP contribution is 2.24. The van der Waals surface area contributed by atoms with E-state index in [-0.39, 0.29) is 5.54 Å². The van der Waals surface area contributed by atoms with Crippen molar-refractivity contribution in [3.8, 4) is 0 Å². The zero-order chi connectivity index (χ0) is 14.6. The van der Waals surface area contributed by atoms with E-state index < -0.39 is 0 Å². The Balaban J connectivity index is 2.09. The number of hydrogen-bond acceptors (Lipinski definition) is 3. The van der Waals surface area contributed by atoms with E-state index >= 15 is 0 Å². The van der Waals surface area contributed by atoms with Gasteiger partial charge in [-0.25, -0.2) is 0 Å². The molecule has 0 aliphatic carbocycles. The second-order valence-corrected chi connectivity index (χ2v) is 6.84. The van der Waals surface area contributed by atoms with Crippen molar-refractivity contribution in [1.82, 2.24) is 10.2 Å². The van der Waals surface area contributed by atoms with E-state index in [1.807, 2.05) is 0 Å². The third kappa shape index (κ3) is 3.82. The van der Waals surface area contributed by atoms with E-state index in [1.165, 1.54) is 5.56 Å². The fourth-order valence-electron chi connectivity index (χ4n) is 2.96. The van der Waals surface area contributed by atoms with Crippen LogP contribution in [0.2, 0.25) is 0 Å². The summed E-state index contributed by atoms with van der Waals surface area (Å²) in [6.07, 6.45) is 1.03. The minimum Gasteiger partial charge on any atom is -0.379 e. The fourth-order valence-corrected chi connectivity index (χ4v) is 3.41. The summed E-state index contributed by atoms with van der Waals surface area (Å²) in [7, 11) is 2.06. The molecule has 4 heteroatoms. The Kier molecular flexibility index (Phi) is 5.61. The molecule has 0 radical (unpaired) electrons. The molecule has 0 bridgehead atoms. The summed E-state index contributed by atoms with van der Waals surface area (Å²) in [6, 6.07) is 9.00. The zero-order valence-corrected chi connectivity index (χ0v) is 14.2. The topological polar surface area (TPSA) is 24.5 Å². The third-order valence-electron chi connectivity index (χ3n) is 4.36. The molecule has 2 rings (SSSR count). The predicted octanol–water partition coefficient (Wildman–Crippen LogP) is 2.69. The van der Waals surface area contributed by atoms with Gasteiger partial charge in [-0.3, -0.25) is 4.90 Å². The van der Waals surface area contributed by atoms with Crippen molar-refractivity contribution < 1.29 is 4.74 Å². The quantitative estimate of drug-likeness (QED) is 0.891. The van der Waals surface area contributed by atoms with Gasteiger partial charge in [0, 0.05) is 29.1 Å². The van der Waals surface area contributed by atoms with Crippen LogP contribution in [0.1, 0.15) is 19.4 Å². The van der Waals surface area contributed by atoms with Gasteiger partial charge in [-0.2, -0.15) is 0 Å². The number of ether oxygens (including phenoxy) is 1. The summed E-state index contributed by atoms with van der Waals surface area (Å²) >= 11 is 3.55. The van der Waals surface area contributed by atoms with E-state index in [2.05, 4.69) is 71.3 Å². The van der Waals surface area contributed by atoms with Crippen LogP contribution in [0.5, 0.6) is 0 Å². The Labute approximate surface area is 130 Å². The molecule has 1 N–H and O–H groups in total. The number of nitrogens with zero attached hydrogens (tertiary/aromatic N) is 1. The minimum atomic E-state index is 0.112. The fraction of sp³-hybridized carbons (Fsp3) is 0.625. The number of benzene rings is 1. The molecule has 1 aliphatic heterocycles. The molecule has 0 saturated carbocycles. The third-order valence-corrected chi connectivity index (χ3v) is 4.85. The normalized spacial score (nSPS) is 19.0. The van der Waals surface area contributed by atoms with Gasteiger partial charge >= 0.3 is 0 Å². The van der Waals surface area contributed by atoms with Gasteiger partial charge in [-0.05, 0) is 45.0 Å². The first-order valence-electron chi connectivity index (χ1n) is 7.28. The molecule has 1 aromatic rings. The van der Waals surface area contributed by atoms with Gasteiger partial charge in [0.05, 0.1) is 13.2 Å². The van der Waals surface area contributed by atoms with Crippen LogP contribution >= 0.6 is 15.9 Å². The van der Waals surface area contributed by atoms with Crippen LogP contribution in [0.15, 0.2) is 28.7 Å². The zero-order valence-electron chi connectivity index (χ0n) is 12.7. The molecule has 3 nitrogen and oxygen atoms in total. The van der Waals surface area contributed by atoms with Crippen molar-refractivity contribution >= 4 is 15.9 Å². The number of hydrogen-bond donors (Lipinski definition) is 1. The van der Waals surface area contributed by atoms with Gasteiger partial charge in [0.15, 0.2) is 0 Å². The molecule has 1 fully saturated rings. The number of rotatable bonds is 5. The molecular weight excluding hydrogens is 316 g/mol. The van der Waals surface area contributed by atoms with Crippen LogP contribution in [0, 0.1) is 0 Å².